The summed E-state index contributed by atoms with van der Waals surface area (Å²) in [6.45, 7) is 7.32. The Balaban J connectivity index is 1.65. The number of carboxylic acid groups (broad SMARTS) is 1. The fourth-order valence-electron chi connectivity index (χ4n) is 2.68. The van der Waals surface area contributed by atoms with E-state index in [0.717, 1.165) is 13.1 Å². The van der Waals surface area contributed by atoms with Crippen molar-refractivity contribution in [1.82, 2.24) is 10.2 Å². The van der Waals surface area contributed by atoms with Crippen molar-refractivity contribution < 1.29 is 14.3 Å². The maximum absolute atomic E-state index is 10.7. The number of hydrogen-bond acceptors (Lipinski definition) is 4. The molecule has 1 saturated heterocycles. The van der Waals surface area contributed by atoms with Crippen LogP contribution >= 0.6 is 0 Å². The molecular formula is C15H24N2O3. The van der Waals surface area contributed by atoms with Crippen LogP contribution in [-0.4, -0.2) is 42.2 Å². The first-order chi connectivity index (χ1) is 9.65. The Bertz CT molecular complexity index is 425. The molecular weight excluding hydrogens is 256 g/mol. The third-order valence-corrected chi connectivity index (χ3v) is 3.68. The Morgan fingerprint density at radius 1 is 1.40 bits per heavy atom. The fraction of sp³-hybridized carbons (Fsp3) is 0.667. The Kier molecular flexibility index (Phi) is 5.61. The van der Waals surface area contributed by atoms with Crippen molar-refractivity contribution in [2.75, 3.05) is 26.2 Å². The number of carboxylic acids is 1. The quantitative estimate of drug-likeness (QED) is 0.801. The minimum absolute atomic E-state index is 0.00293. The maximum Gasteiger partial charge on any atom is 0.371 e. The van der Waals surface area contributed by atoms with Crippen molar-refractivity contribution in [2.45, 2.75) is 32.7 Å². The second-order valence-corrected chi connectivity index (χ2v) is 5.67. The predicted molar refractivity (Wildman–Crippen MR) is 76.8 cm³/mol. The molecule has 0 spiro atoms. The number of carbonyl (C=O) groups is 1. The summed E-state index contributed by atoms with van der Waals surface area (Å²) in [5, 5.41) is 12.1. The molecule has 0 aromatic carbocycles. The van der Waals surface area contributed by atoms with Gasteiger partial charge < -0.3 is 19.7 Å². The normalized spacial score (nSPS) is 18.1. The van der Waals surface area contributed by atoms with Crippen LogP contribution in [0.5, 0.6) is 0 Å². The SMILES string of the molecule is CC(CNCc1ccc(C(=O)O)o1)CN1CCCCC1. The molecule has 0 radical (unpaired) electrons. The van der Waals surface area contributed by atoms with Gasteiger partial charge in [0.1, 0.15) is 5.76 Å². The lowest BCUT2D eigenvalue weighted by atomic mass is 10.1. The minimum atomic E-state index is -1.02. The summed E-state index contributed by atoms with van der Waals surface area (Å²) in [5.41, 5.74) is 0. The Morgan fingerprint density at radius 2 is 2.15 bits per heavy atom. The average molecular weight is 280 g/mol. The molecule has 1 unspecified atom stereocenters. The van der Waals surface area contributed by atoms with Gasteiger partial charge in [-0.25, -0.2) is 4.79 Å². The largest absolute Gasteiger partial charge is 0.475 e. The highest BCUT2D eigenvalue weighted by molar-refractivity contribution is 5.84. The fourth-order valence-corrected chi connectivity index (χ4v) is 2.68. The van der Waals surface area contributed by atoms with Crippen molar-refractivity contribution >= 4 is 5.97 Å². The van der Waals surface area contributed by atoms with E-state index in [2.05, 4.69) is 17.1 Å². The number of likely N-dealkylation sites (tertiary alicyclic amines) is 1. The second kappa shape index (κ2) is 7.45. The Morgan fingerprint density at radius 3 is 2.80 bits per heavy atom. The minimum Gasteiger partial charge on any atom is -0.475 e. The summed E-state index contributed by atoms with van der Waals surface area (Å²) >= 11 is 0. The molecule has 112 valence electrons. The van der Waals surface area contributed by atoms with E-state index in [9.17, 15) is 4.79 Å². The monoisotopic (exact) mass is 280 g/mol. The standard InChI is InChI=1S/C15H24N2O3/c1-12(11-17-7-3-2-4-8-17)9-16-10-13-5-6-14(20-13)15(18)19/h5-6,12,16H,2-4,7-11H2,1H3,(H,18,19). The molecule has 1 aliphatic rings. The van der Waals surface area contributed by atoms with E-state index >= 15 is 0 Å². The molecule has 20 heavy (non-hydrogen) atoms. The number of furan rings is 1. The van der Waals surface area contributed by atoms with Gasteiger partial charge in [0.2, 0.25) is 5.76 Å². The van der Waals surface area contributed by atoms with Crippen LogP contribution in [0.4, 0.5) is 0 Å². The molecule has 1 atom stereocenters. The van der Waals surface area contributed by atoms with Gasteiger partial charge in [-0.2, -0.15) is 0 Å². The average Bonchev–Trinajstić information content (AvgIpc) is 2.89. The lowest BCUT2D eigenvalue weighted by Gasteiger charge is -2.29. The molecule has 0 aliphatic carbocycles. The Labute approximate surface area is 119 Å². The number of aromatic carboxylic acids is 1. The highest BCUT2D eigenvalue weighted by Gasteiger charge is 2.13. The zero-order chi connectivity index (χ0) is 14.4. The number of rotatable bonds is 7. The van der Waals surface area contributed by atoms with Gasteiger partial charge in [-0.15, -0.1) is 0 Å². The Hall–Kier alpha value is -1.33. The second-order valence-electron chi connectivity index (χ2n) is 5.67. The lowest BCUT2D eigenvalue weighted by Crippen LogP contribution is -2.36. The molecule has 1 aromatic rings. The smallest absolute Gasteiger partial charge is 0.371 e. The van der Waals surface area contributed by atoms with Crippen LogP contribution in [0.3, 0.4) is 0 Å². The number of nitrogens with one attached hydrogen (secondary N) is 1. The zero-order valence-electron chi connectivity index (χ0n) is 12.1. The lowest BCUT2D eigenvalue weighted by molar-refractivity contribution is 0.0660. The predicted octanol–water partition coefficient (Wildman–Crippen LogP) is 2.19. The molecule has 5 heteroatoms. The van der Waals surface area contributed by atoms with Crippen molar-refractivity contribution in [2.24, 2.45) is 5.92 Å². The van der Waals surface area contributed by atoms with Gasteiger partial charge in [0.25, 0.3) is 0 Å². The number of hydrogen-bond donors (Lipinski definition) is 2. The third kappa shape index (κ3) is 4.65. The van der Waals surface area contributed by atoms with E-state index in [1.165, 1.54) is 38.4 Å². The van der Waals surface area contributed by atoms with Gasteiger partial charge in [0.05, 0.1) is 6.54 Å². The van der Waals surface area contributed by atoms with Crippen LogP contribution < -0.4 is 5.32 Å². The van der Waals surface area contributed by atoms with E-state index in [1.807, 2.05) is 0 Å². The summed E-state index contributed by atoms with van der Waals surface area (Å²) in [4.78, 5) is 13.2. The highest BCUT2D eigenvalue weighted by Crippen LogP contribution is 2.11. The zero-order valence-corrected chi connectivity index (χ0v) is 12.1. The summed E-state index contributed by atoms with van der Waals surface area (Å²) < 4.78 is 5.20. The van der Waals surface area contributed by atoms with Crippen molar-refractivity contribution in [3.05, 3.63) is 23.7 Å². The highest BCUT2D eigenvalue weighted by atomic mass is 16.4. The third-order valence-electron chi connectivity index (χ3n) is 3.68. The van der Waals surface area contributed by atoms with Crippen LogP contribution in [0.15, 0.2) is 16.5 Å². The van der Waals surface area contributed by atoms with Gasteiger partial charge in [0.15, 0.2) is 0 Å². The molecule has 0 saturated carbocycles. The topological polar surface area (TPSA) is 65.7 Å². The van der Waals surface area contributed by atoms with Gasteiger partial charge in [-0.3, -0.25) is 0 Å². The molecule has 2 N–H and O–H groups in total. The van der Waals surface area contributed by atoms with Crippen molar-refractivity contribution in [1.29, 1.82) is 0 Å². The summed E-state index contributed by atoms with van der Waals surface area (Å²) in [6.07, 6.45) is 4.02. The van der Waals surface area contributed by atoms with Crippen LogP contribution in [0.2, 0.25) is 0 Å². The van der Waals surface area contributed by atoms with E-state index in [0.29, 0.717) is 18.2 Å². The van der Waals surface area contributed by atoms with Gasteiger partial charge in [0, 0.05) is 6.54 Å². The van der Waals surface area contributed by atoms with Gasteiger partial charge >= 0.3 is 5.97 Å². The molecule has 2 rings (SSSR count). The van der Waals surface area contributed by atoms with Crippen molar-refractivity contribution in [3.8, 4) is 0 Å². The molecule has 1 aromatic heterocycles. The number of piperidine rings is 1. The van der Waals surface area contributed by atoms with E-state index in [1.54, 1.807) is 6.07 Å². The summed E-state index contributed by atoms with van der Waals surface area (Å²) in [7, 11) is 0. The first-order valence-corrected chi connectivity index (χ1v) is 7.40. The molecule has 0 bridgehead atoms. The number of nitrogens with zero attached hydrogens (tertiary/aromatic N) is 1. The molecule has 0 amide bonds. The van der Waals surface area contributed by atoms with Crippen LogP contribution in [-0.2, 0) is 6.54 Å². The van der Waals surface area contributed by atoms with Crippen molar-refractivity contribution in [3.63, 3.8) is 0 Å². The van der Waals surface area contributed by atoms with Gasteiger partial charge in [-0.1, -0.05) is 13.3 Å². The van der Waals surface area contributed by atoms with E-state index < -0.39 is 5.97 Å². The summed E-state index contributed by atoms with van der Waals surface area (Å²) in [6, 6.07) is 3.21. The first kappa shape index (κ1) is 15.1. The molecule has 1 fully saturated rings. The maximum atomic E-state index is 10.7. The molecule has 1 aliphatic heterocycles. The van der Waals surface area contributed by atoms with Crippen LogP contribution in [0, 0.1) is 5.92 Å². The first-order valence-electron chi connectivity index (χ1n) is 7.40. The van der Waals surface area contributed by atoms with Gasteiger partial charge in [-0.05, 0) is 50.5 Å². The van der Waals surface area contributed by atoms with Crippen LogP contribution in [0.25, 0.3) is 0 Å². The molecule has 2 heterocycles. The van der Waals surface area contributed by atoms with E-state index in [-0.39, 0.29) is 5.76 Å². The molecule has 5 nitrogen and oxygen atoms in total. The summed E-state index contributed by atoms with van der Waals surface area (Å²) in [5.74, 6) is 0.243. The van der Waals surface area contributed by atoms with Crippen LogP contribution in [0.1, 0.15) is 42.5 Å². The van der Waals surface area contributed by atoms with E-state index in [4.69, 9.17) is 9.52 Å².